The summed E-state index contributed by atoms with van der Waals surface area (Å²) in [5.41, 5.74) is 10.4. The summed E-state index contributed by atoms with van der Waals surface area (Å²) in [6.45, 7) is 5.77. The fourth-order valence-electron chi connectivity index (χ4n) is 5.56. The van der Waals surface area contributed by atoms with E-state index in [9.17, 15) is 14.4 Å². The Balaban J connectivity index is 2.08. The average molecular weight is 519 g/mol. The Kier molecular flexibility index (Phi) is 7.34. The molecule has 2 aromatic carbocycles. The van der Waals surface area contributed by atoms with Crippen LogP contribution in [0.25, 0.3) is 0 Å². The highest BCUT2D eigenvalue weighted by atomic mass is 16.2. The number of aromatic amines is 1. The number of nitrogens with one attached hydrogen (secondary N) is 1. The molecule has 0 radical (unpaired) electrons. The molecule has 0 saturated carbocycles. The van der Waals surface area contributed by atoms with Gasteiger partial charge in [0.15, 0.2) is 0 Å². The Bertz CT molecular complexity index is 1360. The zero-order valence-electron chi connectivity index (χ0n) is 23.3. The van der Waals surface area contributed by atoms with E-state index in [-0.39, 0.29) is 29.6 Å². The van der Waals surface area contributed by atoms with E-state index in [1.807, 2.05) is 57.2 Å². The normalized spacial score (nSPS) is 14.9. The molecule has 1 heterocycles. The second-order valence-corrected chi connectivity index (χ2v) is 11.0. The maximum absolute atomic E-state index is 13.0. The molecule has 3 N–H and O–H groups in total. The van der Waals surface area contributed by atoms with Crippen LogP contribution < -0.4 is 11.4 Å². The second-order valence-electron chi connectivity index (χ2n) is 11.0. The number of carbonyl (C=O) groups is 2. The molecule has 38 heavy (non-hydrogen) atoms. The summed E-state index contributed by atoms with van der Waals surface area (Å²) in [7, 11) is 6.93. The lowest BCUT2D eigenvalue weighted by Gasteiger charge is -2.36. The van der Waals surface area contributed by atoms with Crippen LogP contribution in [0.5, 0.6) is 0 Å². The van der Waals surface area contributed by atoms with Crippen LogP contribution in [0.4, 0.5) is 0 Å². The van der Waals surface area contributed by atoms with Crippen LogP contribution in [0.1, 0.15) is 82.0 Å². The molecule has 1 aliphatic rings. The molecule has 0 bridgehead atoms. The van der Waals surface area contributed by atoms with Crippen LogP contribution in [-0.2, 0) is 18.3 Å². The highest BCUT2D eigenvalue weighted by Gasteiger charge is 2.45. The Morgan fingerprint density at radius 3 is 1.79 bits per heavy atom. The summed E-state index contributed by atoms with van der Waals surface area (Å²) in [6, 6.07) is 11.2. The van der Waals surface area contributed by atoms with E-state index < -0.39 is 5.41 Å². The third-order valence-electron chi connectivity index (χ3n) is 7.26. The Labute approximate surface area is 223 Å². The molecule has 9 heteroatoms. The van der Waals surface area contributed by atoms with Gasteiger partial charge in [-0.25, -0.2) is 9.48 Å². The van der Waals surface area contributed by atoms with Gasteiger partial charge in [-0.05, 0) is 86.6 Å². The number of fused-ring (bicyclic) bond motifs is 2. The number of nitrogens with two attached hydrogens (primary N) is 1. The maximum atomic E-state index is 13.0. The van der Waals surface area contributed by atoms with Gasteiger partial charge < -0.3 is 15.5 Å². The molecule has 1 aromatic heterocycles. The molecular weight excluding hydrogens is 480 g/mol. The van der Waals surface area contributed by atoms with Crippen LogP contribution in [0.2, 0.25) is 0 Å². The van der Waals surface area contributed by atoms with Crippen molar-refractivity contribution >= 4 is 11.8 Å². The monoisotopic (exact) mass is 518 g/mol. The molecule has 9 nitrogen and oxygen atoms in total. The topological polar surface area (TPSA) is 117 Å². The van der Waals surface area contributed by atoms with E-state index in [1.165, 1.54) is 4.68 Å². The SMILES string of the molecule is CC(C)n1nc(C2(C[C@H](C)N)c3ccc(C(=O)N(C)C)cc3CCc3cc(C(=O)N(C)C)ccc32)[nH]c1=O. The highest BCUT2D eigenvalue weighted by molar-refractivity contribution is 5.95. The quantitative estimate of drug-likeness (QED) is 0.520. The van der Waals surface area contributed by atoms with E-state index in [1.54, 1.807) is 38.0 Å². The third kappa shape index (κ3) is 4.67. The molecule has 202 valence electrons. The van der Waals surface area contributed by atoms with Gasteiger partial charge in [-0.15, -0.1) is 0 Å². The molecule has 4 rings (SSSR count). The molecular formula is C29H38N6O3. The summed E-state index contributed by atoms with van der Waals surface area (Å²) in [4.78, 5) is 44.9. The predicted octanol–water partition coefficient (Wildman–Crippen LogP) is 2.73. The van der Waals surface area contributed by atoms with Crippen molar-refractivity contribution in [3.05, 3.63) is 86.1 Å². The molecule has 1 aliphatic carbocycles. The van der Waals surface area contributed by atoms with E-state index in [0.29, 0.717) is 36.2 Å². The van der Waals surface area contributed by atoms with Gasteiger partial charge in [0, 0.05) is 45.4 Å². The van der Waals surface area contributed by atoms with Crippen molar-refractivity contribution < 1.29 is 9.59 Å². The molecule has 0 aliphatic heterocycles. The van der Waals surface area contributed by atoms with Crippen LogP contribution in [0, 0.1) is 0 Å². The van der Waals surface area contributed by atoms with Crippen molar-refractivity contribution in [3.8, 4) is 0 Å². The van der Waals surface area contributed by atoms with Crippen LogP contribution in [0.15, 0.2) is 41.2 Å². The van der Waals surface area contributed by atoms with Gasteiger partial charge in [-0.1, -0.05) is 12.1 Å². The first-order chi connectivity index (χ1) is 17.9. The van der Waals surface area contributed by atoms with Crippen molar-refractivity contribution in [1.82, 2.24) is 24.6 Å². The standard InChI is InChI=1S/C29H38N6O3/c1-17(2)35-28(38)31-27(32-35)29(16-18(3)30)23-12-10-21(25(36)33(4)5)14-19(23)8-9-20-15-22(11-13-24(20)29)26(37)34(6)7/h10-15,17-18H,8-9,16,30H2,1-7H3,(H,31,32,38)/t18-/m0/s1. The summed E-state index contributed by atoms with van der Waals surface area (Å²) < 4.78 is 1.45. The van der Waals surface area contributed by atoms with Gasteiger partial charge in [-0.2, -0.15) is 5.10 Å². The summed E-state index contributed by atoms with van der Waals surface area (Å²) in [5.74, 6) is 0.351. The number of nitrogens with zero attached hydrogens (tertiary/aromatic N) is 4. The van der Waals surface area contributed by atoms with Gasteiger partial charge in [0.1, 0.15) is 5.82 Å². The van der Waals surface area contributed by atoms with Gasteiger partial charge in [-0.3, -0.25) is 14.6 Å². The number of rotatable bonds is 6. The fourth-order valence-corrected chi connectivity index (χ4v) is 5.56. The smallest absolute Gasteiger partial charge is 0.343 e. The first-order valence-electron chi connectivity index (χ1n) is 13.0. The summed E-state index contributed by atoms with van der Waals surface area (Å²) >= 11 is 0. The van der Waals surface area contributed by atoms with Crippen molar-refractivity contribution in [2.75, 3.05) is 28.2 Å². The maximum Gasteiger partial charge on any atom is 0.343 e. The van der Waals surface area contributed by atoms with Crippen LogP contribution in [0.3, 0.4) is 0 Å². The van der Waals surface area contributed by atoms with E-state index in [2.05, 4.69) is 4.98 Å². The molecule has 3 aromatic rings. The average Bonchev–Trinajstić information content (AvgIpc) is 3.21. The van der Waals surface area contributed by atoms with Crippen LogP contribution >= 0.6 is 0 Å². The lowest BCUT2D eigenvalue weighted by Crippen LogP contribution is -2.38. The van der Waals surface area contributed by atoms with E-state index in [4.69, 9.17) is 10.8 Å². The van der Waals surface area contributed by atoms with Gasteiger partial charge in [0.05, 0.1) is 11.5 Å². The second kappa shape index (κ2) is 10.2. The van der Waals surface area contributed by atoms with Crippen molar-refractivity contribution in [3.63, 3.8) is 0 Å². The number of benzene rings is 2. The number of aromatic nitrogens is 3. The largest absolute Gasteiger partial charge is 0.345 e. The Morgan fingerprint density at radius 1 is 0.947 bits per heavy atom. The third-order valence-corrected chi connectivity index (χ3v) is 7.26. The van der Waals surface area contributed by atoms with Crippen molar-refractivity contribution in [1.29, 1.82) is 0 Å². The number of aryl methyl sites for hydroxylation is 2. The number of carbonyl (C=O) groups excluding carboxylic acids is 2. The van der Waals surface area contributed by atoms with Gasteiger partial charge in [0.25, 0.3) is 11.8 Å². The first kappa shape index (κ1) is 27.3. The molecule has 2 amide bonds. The number of H-pyrrole nitrogens is 1. The molecule has 0 spiro atoms. The molecule has 0 unspecified atom stereocenters. The number of hydrogen-bond donors (Lipinski definition) is 2. The first-order valence-corrected chi connectivity index (χ1v) is 13.0. The number of hydrogen-bond acceptors (Lipinski definition) is 5. The Hall–Kier alpha value is -3.72. The zero-order valence-corrected chi connectivity index (χ0v) is 23.3. The van der Waals surface area contributed by atoms with E-state index in [0.717, 1.165) is 22.3 Å². The summed E-state index contributed by atoms with van der Waals surface area (Å²) in [6.07, 6.45) is 1.79. The lowest BCUT2D eigenvalue weighted by molar-refractivity contribution is 0.0820. The predicted molar refractivity (Wildman–Crippen MR) is 148 cm³/mol. The van der Waals surface area contributed by atoms with Crippen LogP contribution in [-0.4, -0.2) is 70.6 Å². The molecule has 0 saturated heterocycles. The highest BCUT2D eigenvalue weighted by Crippen LogP contribution is 2.46. The minimum absolute atomic E-state index is 0.0799. The fraction of sp³-hybridized carbons (Fsp3) is 0.448. The minimum Gasteiger partial charge on any atom is -0.345 e. The lowest BCUT2D eigenvalue weighted by atomic mass is 9.68. The Morgan fingerprint density at radius 2 is 1.42 bits per heavy atom. The van der Waals surface area contributed by atoms with Gasteiger partial charge >= 0.3 is 5.69 Å². The minimum atomic E-state index is -0.881. The van der Waals surface area contributed by atoms with Crippen molar-refractivity contribution in [2.45, 2.75) is 57.5 Å². The van der Waals surface area contributed by atoms with Crippen molar-refractivity contribution in [2.24, 2.45) is 5.73 Å². The molecule has 0 fully saturated rings. The zero-order chi connectivity index (χ0) is 27.9. The van der Waals surface area contributed by atoms with Gasteiger partial charge in [0.2, 0.25) is 0 Å². The van der Waals surface area contributed by atoms with E-state index >= 15 is 0 Å². The summed E-state index contributed by atoms with van der Waals surface area (Å²) in [5, 5.41) is 4.81. The molecule has 1 atom stereocenters. The number of amides is 2.